The van der Waals surface area contributed by atoms with Crippen molar-refractivity contribution in [3.8, 4) is 0 Å². The average molecular weight is 227 g/mol. The number of aliphatic carboxylic acids is 1. The van der Waals surface area contributed by atoms with E-state index in [1.807, 2.05) is 0 Å². The summed E-state index contributed by atoms with van der Waals surface area (Å²) in [6, 6.07) is 0. The number of hydrogen-bond donors (Lipinski definition) is 4. The molecule has 0 aliphatic carbocycles. The van der Waals surface area contributed by atoms with Gasteiger partial charge in [-0.3, -0.25) is 9.59 Å². The van der Waals surface area contributed by atoms with Crippen molar-refractivity contribution >= 4 is 23.4 Å². The minimum atomic E-state index is -1.01. The van der Waals surface area contributed by atoms with E-state index in [1.54, 1.807) is 0 Å². The Balaban J connectivity index is 2.69. The van der Waals surface area contributed by atoms with Gasteiger partial charge in [-0.05, 0) is 0 Å². The first-order valence-electron chi connectivity index (χ1n) is 4.56. The molecule has 1 aromatic heterocycles. The summed E-state index contributed by atoms with van der Waals surface area (Å²) in [6.07, 6.45) is 1.49. The fourth-order valence-corrected chi connectivity index (χ4v) is 1.14. The van der Waals surface area contributed by atoms with Crippen LogP contribution < -0.4 is 16.8 Å². The monoisotopic (exact) mass is 227 g/mol. The third-order valence-electron chi connectivity index (χ3n) is 1.84. The lowest BCUT2D eigenvalue weighted by Crippen LogP contribution is -2.19. The van der Waals surface area contributed by atoms with E-state index in [1.165, 1.54) is 10.9 Å². The predicted octanol–water partition coefficient (Wildman–Crippen LogP) is -1.16. The molecule has 0 saturated carbocycles. The molecule has 0 bridgehead atoms. The smallest absolute Gasteiger partial charge is 0.322 e. The number of carbonyl (C=O) groups excluding carboxylic acids is 1. The number of anilines is 2. The SMILES string of the molecule is NC(=O)CCn1ncc(N)c1NCC(=O)O. The summed E-state index contributed by atoms with van der Waals surface area (Å²) < 4.78 is 1.41. The molecule has 0 aliphatic heterocycles. The second-order valence-electron chi connectivity index (χ2n) is 3.14. The van der Waals surface area contributed by atoms with Crippen LogP contribution >= 0.6 is 0 Å². The molecule has 8 nitrogen and oxygen atoms in total. The first kappa shape index (κ1) is 11.8. The van der Waals surface area contributed by atoms with Gasteiger partial charge in [0.05, 0.1) is 18.4 Å². The summed E-state index contributed by atoms with van der Waals surface area (Å²) in [5, 5.41) is 15.0. The van der Waals surface area contributed by atoms with E-state index in [9.17, 15) is 9.59 Å². The summed E-state index contributed by atoms with van der Waals surface area (Å²) in [7, 11) is 0. The van der Waals surface area contributed by atoms with Gasteiger partial charge in [0.2, 0.25) is 5.91 Å². The third-order valence-corrected chi connectivity index (χ3v) is 1.84. The van der Waals surface area contributed by atoms with Crippen molar-refractivity contribution in [2.24, 2.45) is 5.73 Å². The number of hydrogen-bond acceptors (Lipinski definition) is 5. The molecular weight excluding hydrogens is 214 g/mol. The molecular formula is C8H13N5O3. The molecule has 0 atom stereocenters. The fraction of sp³-hybridized carbons (Fsp3) is 0.375. The highest BCUT2D eigenvalue weighted by atomic mass is 16.4. The van der Waals surface area contributed by atoms with Crippen LogP contribution in [0.5, 0.6) is 0 Å². The first-order valence-corrected chi connectivity index (χ1v) is 4.56. The topological polar surface area (TPSA) is 136 Å². The summed E-state index contributed by atoms with van der Waals surface area (Å²) >= 11 is 0. The lowest BCUT2D eigenvalue weighted by molar-refractivity contribution is -0.135. The van der Waals surface area contributed by atoms with Gasteiger partial charge >= 0.3 is 5.97 Å². The molecule has 0 aliphatic rings. The largest absolute Gasteiger partial charge is 0.480 e. The lowest BCUT2D eigenvalue weighted by Gasteiger charge is -2.08. The fourth-order valence-electron chi connectivity index (χ4n) is 1.14. The number of nitrogens with two attached hydrogens (primary N) is 2. The molecule has 6 N–H and O–H groups in total. The minimum absolute atomic E-state index is 0.114. The zero-order valence-corrected chi connectivity index (χ0v) is 8.51. The van der Waals surface area contributed by atoms with Crippen LogP contribution in [0.3, 0.4) is 0 Å². The van der Waals surface area contributed by atoms with Gasteiger partial charge in [0.25, 0.3) is 0 Å². The Morgan fingerprint density at radius 2 is 2.25 bits per heavy atom. The van der Waals surface area contributed by atoms with E-state index in [0.29, 0.717) is 11.5 Å². The van der Waals surface area contributed by atoms with Gasteiger partial charge in [0.15, 0.2) is 0 Å². The van der Waals surface area contributed by atoms with Crippen LogP contribution in [-0.2, 0) is 16.1 Å². The molecule has 0 spiro atoms. The van der Waals surface area contributed by atoms with E-state index >= 15 is 0 Å². The molecule has 8 heteroatoms. The zero-order valence-electron chi connectivity index (χ0n) is 8.51. The number of carbonyl (C=O) groups is 2. The maximum absolute atomic E-state index is 10.6. The van der Waals surface area contributed by atoms with Gasteiger partial charge in [-0.15, -0.1) is 0 Å². The molecule has 1 aromatic rings. The highest BCUT2D eigenvalue weighted by Gasteiger charge is 2.09. The molecule has 0 saturated heterocycles. The van der Waals surface area contributed by atoms with Crippen molar-refractivity contribution in [1.82, 2.24) is 9.78 Å². The summed E-state index contributed by atoms with van der Waals surface area (Å²) in [5.41, 5.74) is 10.9. The van der Waals surface area contributed by atoms with Crippen LogP contribution in [-0.4, -0.2) is 33.3 Å². The average Bonchev–Trinajstić information content (AvgIpc) is 2.53. The lowest BCUT2D eigenvalue weighted by atomic mass is 10.4. The van der Waals surface area contributed by atoms with Crippen LogP contribution in [0.1, 0.15) is 6.42 Å². The number of nitrogens with zero attached hydrogens (tertiary/aromatic N) is 2. The third kappa shape index (κ3) is 3.15. The van der Waals surface area contributed by atoms with Crippen molar-refractivity contribution in [3.63, 3.8) is 0 Å². The van der Waals surface area contributed by atoms with E-state index in [-0.39, 0.29) is 19.5 Å². The number of carboxylic acids is 1. The Hall–Kier alpha value is -2.25. The number of nitrogens with one attached hydrogen (secondary N) is 1. The van der Waals surface area contributed by atoms with Crippen LogP contribution in [0.4, 0.5) is 11.5 Å². The maximum Gasteiger partial charge on any atom is 0.322 e. The predicted molar refractivity (Wildman–Crippen MR) is 56.6 cm³/mol. The van der Waals surface area contributed by atoms with Gasteiger partial charge < -0.3 is 21.9 Å². The van der Waals surface area contributed by atoms with Crippen molar-refractivity contribution in [2.45, 2.75) is 13.0 Å². The van der Waals surface area contributed by atoms with E-state index < -0.39 is 11.9 Å². The standard InChI is InChI=1S/C8H13N5O3/c9-5-3-12-13(2-1-6(10)14)8(5)11-4-7(15)16/h3,11H,1-2,4,9H2,(H2,10,14)(H,15,16). The first-order chi connectivity index (χ1) is 7.50. The van der Waals surface area contributed by atoms with E-state index in [0.717, 1.165) is 0 Å². The zero-order chi connectivity index (χ0) is 12.1. The minimum Gasteiger partial charge on any atom is -0.480 e. The molecule has 16 heavy (non-hydrogen) atoms. The van der Waals surface area contributed by atoms with Gasteiger partial charge in [0.1, 0.15) is 12.4 Å². The van der Waals surface area contributed by atoms with Crippen LogP contribution in [0.2, 0.25) is 0 Å². The summed E-state index contributed by atoms with van der Waals surface area (Å²) in [4.78, 5) is 21.0. The Morgan fingerprint density at radius 1 is 1.56 bits per heavy atom. The van der Waals surface area contributed by atoms with Gasteiger partial charge in [-0.2, -0.15) is 5.10 Å². The van der Waals surface area contributed by atoms with Crippen molar-refractivity contribution in [3.05, 3.63) is 6.20 Å². The number of primary amides is 1. The highest BCUT2D eigenvalue weighted by molar-refractivity contribution is 5.75. The number of carboxylic acid groups (broad SMARTS) is 1. The Morgan fingerprint density at radius 3 is 2.81 bits per heavy atom. The maximum atomic E-state index is 10.6. The number of nitrogen functional groups attached to an aromatic ring is 1. The summed E-state index contributed by atoms with van der Waals surface area (Å²) in [5.74, 6) is -1.09. The Kier molecular flexibility index (Phi) is 3.70. The number of aryl methyl sites for hydroxylation is 1. The number of rotatable bonds is 6. The number of amides is 1. The van der Waals surface area contributed by atoms with E-state index in [2.05, 4.69) is 10.4 Å². The summed E-state index contributed by atoms with van der Waals surface area (Å²) in [6.45, 7) is -0.0129. The van der Waals surface area contributed by atoms with Crippen LogP contribution in [0.15, 0.2) is 6.20 Å². The quantitative estimate of drug-likeness (QED) is 0.483. The van der Waals surface area contributed by atoms with Gasteiger partial charge in [-0.1, -0.05) is 0 Å². The molecule has 88 valence electrons. The van der Waals surface area contributed by atoms with E-state index in [4.69, 9.17) is 16.6 Å². The molecule has 1 amide bonds. The highest BCUT2D eigenvalue weighted by Crippen LogP contribution is 2.17. The van der Waals surface area contributed by atoms with Gasteiger partial charge in [0, 0.05) is 6.42 Å². The van der Waals surface area contributed by atoms with Crippen LogP contribution in [0, 0.1) is 0 Å². The molecule has 0 aromatic carbocycles. The second kappa shape index (κ2) is 5.01. The Bertz CT molecular complexity index is 400. The molecule has 1 rings (SSSR count). The molecule has 0 fully saturated rings. The normalized spacial score (nSPS) is 10.0. The molecule has 1 heterocycles. The van der Waals surface area contributed by atoms with Crippen molar-refractivity contribution in [1.29, 1.82) is 0 Å². The van der Waals surface area contributed by atoms with Crippen molar-refractivity contribution < 1.29 is 14.7 Å². The number of aromatic nitrogens is 2. The molecule has 0 unspecified atom stereocenters. The Labute approximate surface area is 91.2 Å². The second-order valence-corrected chi connectivity index (χ2v) is 3.14. The van der Waals surface area contributed by atoms with Crippen molar-refractivity contribution in [2.75, 3.05) is 17.6 Å². The molecule has 0 radical (unpaired) electrons. The van der Waals surface area contributed by atoms with Crippen LogP contribution in [0.25, 0.3) is 0 Å². The van der Waals surface area contributed by atoms with Gasteiger partial charge in [-0.25, -0.2) is 4.68 Å².